The van der Waals surface area contributed by atoms with E-state index in [0.717, 1.165) is 5.56 Å². The second-order valence-electron chi connectivity index (χ2n) is 4.37. The van der Waals surface area contributed by atoms with Crippen LogP contribution in [0.25, 0.3) is 0 Å². The third-order valence-corrected chi connectivity index (χ3v) is 2.76. The number of pyridine rings is 1. The number of aromatic nitrogens is 1. The number of aryl methyl sites for hydroxylation is 2. The molecule has 104 valence electrons. The second kappa shape index (κ2) is 5.61. The number of aromatic carboxylic acids is 1. The van der Waals surface area contributed by atoms with Crippen LogP contribution in [-0.2, 0) is 0 Å². The van der Waals surface area contributed by atoms with Crippen molar-refractivity contribution in [3.8, 4) is 17.4 Å². The maximum Gasteiger partial charge on any atom is 0.341 e. The van der Waals surface area contributed by atoms with E-state index in [1.165, 1.54) is 13.2 Å². The van der Waals surface area contributed by atoms with Crippen LogP contribution in [0.15, 0.2) is 30.3 Å². The Balaban J connectivity index is 2.44. The number of nitrogens with zero attached hydrogens (tertiary/aromatic N) is 1. The first kappa shape index (κ1) is 13.9. The van der Waals surface area contributed by atoms with Crippen LogP contribution in [0.4, 0.5) is 0 Å². The zero-order valence-corrected chi connectivity index (χ0v) is 11.5. The lowest BCUT2D eigenvalue weighted by Crippen LogP contribution is -2.03. The van der Waals surface area contributed by atoms with Crippen LogP contribution in [0.5, 0.6) is 17.4 Å². The average molecular weight is 273 g/mol. The zero-order chi connectivity index (χ0) is 14.7. The summed E-state index contributed by atoms with van der Waals surface area (Å²) < 4.78 is 10.8. The molecule has 5 nitrogen and oxygen atoms in total. The minimum Gasteiger partial charge on any atom is -0.493 e. The summed E-state index contributed by atoms with van der Waals surface area (Å²) in [7, 11) is 1.53. The van der Waals surface area contributed by atoms with E-state index < -0.39 is 5.97 Å². The minimum absolute atomic E-state index is 0.0122. The Morgan fingerprint density at radius 3 is 2.55 bits per heavy atom. The summed E-state index contributed by atoms with van der Waals surface area (Å²) in [6.07, 6.45) is 0. The Labute approximate surface area is 116 Å². The van der Waals surface area contributed by atoms with Crippen molar-refractivity contribution in [3.05, 3.63) is 47.2 Å². The van der Waals surface area contributed by atoms with E-state index in [4.69, 9.17) is 14.6 Å². The lowest BCUT2D eigenvalue weighted by atomic mass is 10.2. The van der Waals surface area contributed by atoms with Gasteiger partial charge in [0.05, 0.1) is 7.11 Å². The maximum absolute atomic E-state index is 11.2. The van der Waals surface area contributed by atoms with Crippen LogP contribution in [0.2, 0.25) is 0 Å². The molecule has 0 bridgehead atoms. The number of methoxy groups -OCH3 is 1. The van der Waals surface area contributed by atoms with E-state index in [9.17, 15) is 4.79 Å². The zero-order valence-electron chi connectivity index (χ0n) is 11.5. The van der Waals surface area contributed by atoms with E-state index in [2.05, 4.69) is 4.98 Å². The summed E-state index contributed by atoms with van der Waals surface area (Å²) in [5.74, 6) is -0.0680. The summed E-state index contributed by atoms with van der Waals surface area (Å²) in [5, 5.41) is 9.15. The lowest BCUT2D eigenvalue weighted by Gasteiger charge is -2.12. The second-order valence-corrected chi connectivity index (χ2v) is 4.37. The van der Waals surface area contributed by atoms with Crippen LogP contribution < -0.4 is 9.47 Å². The fourth-order valence-corrected chi connectivity index (χ4v) is 1.74. The van der Waals surface area contributed by atoms with Crippen molar-refractivity contribution in [2.75, 3.05) is 7.11 Å². The molecule has 1 aromatic heterocycles. The molecule has 1 N–H and O–H groups in total. The van der Waals surface area contributed by atoms with E-state index in [-0.39, 0.29) is 11.4 Å². The van der Waals surface area contributed by atoms with E-state index in [1.54, 1.807) is 19.1 Å². The monoisotopic (exact) mass is 273 g/mol. The Morgan fingerprint density at radius 1 is 1.15 bits per heavy atom. The Hall–Kier alpha value is -2.56. The number of carbonyl (C=O) groups is 1. The van der Waals surface area contributed by atoms with Crippen molar-refractivity contribution in [3.63, 3.8) is 0 Å². The first-order valence-electron chi connectivity index (χ1n) is 6.04. The third kappa shape index (κ3) is 2.88. The molecule has 0 aliphatic heterocycles. The fourth-order valence-electron chi connectivity index (χ4n) is 1.74. The molecule has 0 saturated heterocycles. The molecule has 1 heterocycles. The first-order chi connectivity index (χ1) is 9.51. The topological polar surface area (TPSA) is 68.7 Å². The molecule has 0 atom stereocenters. The third-order valence-electron chi connectivity index (χ3n) is 2.76. The smallest absolute Gasteiger partial charge is 0.341 e. The molecule has 0 aliphatic rings. The number of hydrogen-bond donors (Lipinski definition) is 1. The molecule has 0 spiro atoms. The fraction of sp³-hybridized carbons (Fsp3) is 0.200. The SMILES string of the molecule is COc1cc(C)ccc1Oc1nc(C)ccc1C(=O)O. The predicted molar refractivity (Wildman–Crippen MR) is 73.7 cm³/mol. The molecule has 20 heavy (non-hydrogen) atoms. The number of ether oxygens (including phenoxy) is 2. The van der Waals surface area contributed by atoms with Crippen molar-refractivity contribution < 1.29 is 19.4 Å². The molecular formula is C15H15NO4. The molecule has 0 fully saturated rings. The summed E-state index contributed by atoms with van der Waals surface area (Å²) in [6.45, 7) is 3.70. The molecular weight excluding hydrogens is 258 g/mol. The quantitative estimate of drug-likeness (QED) is 0.926. The van der Waals surface area contributed by atoms with Gasteiger partial charge in [0.1, 0.15) is 5.56 Å². The number of carboxylic acid groups (broad SMARTS) is 1. The van der Waals surface area contributed by atoms with E-state index in [0.29, 0.717) is 17.2 Å². The molecule has 2 aromatic rings. The van der Waals surface area contributed by atoms with Gasteiger partial charge in [-0.05, 0) is 43.7 Å². The van der Waals surface area contributed by atoms with Crippen LogP contribution >= 0.6 is 0 Å². The highest BCUT2D eigenvalue weighted by atomic mass is 16.5. The van der Waals surface area contributed by atoms with Crippen LogP contribution in [-0.4, -0.2) is 23.2 Å². The van der Waals surface area contributed by atoms with Gasteiger partial charge in [0.2, 0.25) is 5.88 Å². The minimum atomic E-state index is -1.08. The summed E-state index contributed by atoms with van der Waals surface area (Å²) in [6, 6.07) is 8.49. The molecule has 0 saturated carbocycles. The molecule has 2 rings (SSSR count). The highest BCUT2D eigenvalue weighted by molar-refractivity contribution is 5.90. The highest BCUT2D eigenvalue weighted by Gasteiger charge is 2.15. The first-order valence-corrected chi connectivity index (χ1v) is 6.04. The molecule has 0 amide bonds. The molecule has 1 aromatic carbocycles. The Bertz CT molecular complexity index is 652. The number of carboxylic acids is 1. The summed E-state index contributed by atoms with van der Waals surface area (Å²) >= 11 is 0. The maximum atomic E-state index is 11.2. The Kier molecular flexibility index (Phi) is 3.89. The van der Waals surface area contributed by atoms with Crippen LogP contribution in [0.3, 0.4) is 0 Å². The van der Waals surface area contributed by atoms with Crippen molar-refractivity contribution in [2.24, 2.45) is 0 Å². The van der Waals surface area contributed by atoms with Gasteiger partial charge < -0.3 is 14.6 Å². The number of benzene rings is 1. The van der Waals surface area contributed by atoms with Crippen LogP contribution in [0.1, 0.15) is 21.6 Å². The van der Waals surface area contributed by atoms with Gasteiger partial charge in [-0.25, -0.2) is 9.78 Å². The normalized spacial score (nSPS) is 10.2. The van der Waals surface area contributed by atoms with Gasteiger partial charge >= 0.3 is 5.97 Å². The number of rotatable bonds is 4. The predicted octanol–water partition coefficient (Wildman–Crippen LogP) is 3.20. The molecule has 0 unspecified atom stereocenters. The van der Waals surface area contributed by atoms with Gasteiger partial charge in [-0.1, -0.05) is 6.07 Å². The Morgan fingerprint density at radius 2 is 1.90 bits per heavy atom. The van der Waals surface area contributed by atoms with Gasteiger partial charge in [0, 0.05) is 5.69 Å². The van der Waals surface area contributed by atoms with Gasteiger partial charge in [-0.3, -0.25) is 0 Å². The van der Waals surface area contributed by atoms with Gasteiger partial charge in [-0.2, -0.15) is 0 Å². The summed E-state index contributed by atoms with van der Waals surface area (Å²) in [5.41, 5.74) is 1.71. The lowest BCUT2D eigenvalue weighted by molar-refractivity contribution is 0.0693. The molecule has 0 radical (unpaired) electrons. The van der Waals surface area contributed by atoms with Crippen molar-refractivity contribution in [1.82, 2.24) is 4.98 Å². The average Bonchev–Trinajstić information content (AvgIpc) is 2.40. The van der Waals surface area contributed by atoms with Crippen LogP contribution in [0, 0.1) is 13.8 Å². The van der Waals surface area contributed by atoms with Crippen molar-refractivity contribution in [1.29, 1.82) is 0 Å². The van der Waals surface area contributed by atoms with E-state index >= 15 is 0 Å². The van der Waals surface area contributed by atoms with E-state index in [1.807, 2.05) is 19.1 Å². The molecule has 0 aliphatic carbocycles. The van der Waals surface area contributed by atoms with Gasteiger partial charge in [0.25, 0.3) is 0 Å². The molecule has 5 heteroatoms. The van der Waals surface area contributed by atoms with Crippen molar-refractivity contribution in [2.45, 2.75) is 13.8 Å². The summed E-state index contributed by atoms with van der Waals surface area (Å²) in [4.78, 5) is 15.3. The standard InChI is InChI=1S/C15H15NO4/c1-9-4-7-12(13(8-9)19-3)20-14-11(15(17)18)6-5-10(2)16-14/h4-8H,1-3H3,(H,17,18). The highest BCUT2D eigenvalue weighted by Crippen LogP contribution is 2.32. The van der Waals surface area contributed by atoms with Gasteiger partial charge in [-0.15, -0.1) is 0 Å². The van der Waals surface area contributed by atoms with Gasteiger partial charge in [0.15, 0.2) is 11.5 Å². The largest absolute Gasteiger partial charge is 0.493 e. The number of hydrogen-bond acceptors (Lipinski definition) is 4. The van der Waals surface area contributed by atoms with Crippen molar-refractivity contribution >= 4 is 5.97 Å².